The Hall–Kier alpha value is -1.10. The van der Waals surface area contributed by atoms with Crippen LogP contribution in [-0.2, 0) is 9.59 Å². The van der Waals surface area contributed by atoms with Gasteiger partial charge in [-0.05, 0) is 38.1 Å². The molecule has 96 valence electrons. The van der Waals surface area contributed by atoms with E-state index in [1.54, 1.807) is 0 Å². The lowest BCUT2D eigenvalue weighted by atomic mass is 10.1. The summed E-state index contributed by atoms with van der Waals surface area (Å²) < 4.78 is 0. The SMILES string of the molecule is NC(=O)C(CC(=O)N1CCCC1)NCC1CC1. The molecule has 17 heavy (non-hydrogen) atoms. The van der Waals surface area contributed by atoms with Gasteiger partial charge in [-0.15, -0.1) is 0 Å². The number of nitrogens with two attached hydrogens (primary N) is 1. The van der Waals surface area contributed by atoms with Gasteiger partial charge in [0, 0.05) is 13.1 Å². The minimum absolute atomic E-state index is 0.0506. The Balaban J connectivity index is 1.78. The molecule has 2 amide bonds. The Morgan fingerprint density at radius 3 is 2.47 bits per heavy atom. The fraction of sp³-hybridized carbons (Fsp3) is 0.833. The number of amides is 2. The summed E-state index contributed by atoms with van der Waals surface area (Å²) in [5, 5.41) is 3.11. The molecule has 0 spiro atoms. The van der Waals surface area contributed by atoms with E-state index in [1.165, 1.54) is 12.8 Å². The third kappa shape index (κ3) is 3.70. The lowest BCUT2D eigenvalue weighted by Crippen LogP contribution is -2.45. The topological polar surface area (TPSA) is 75.4 Å². The molecule has 1 heterocycles. The molecule has 1 aliphatic heterocycles. The Kier molecular flexibility index (Phi) is 3.99. The zero-order valence-electron chi connectivity index (χ0n) is 10.2. The normalized spacial score (nSPS) is 21.5. The van der Waals surface area contributed by atoms with Gasteiger partial charge in [-0.25, -0.2) is 0 Å². The van der Waals surface area contributed by atoms with Crippen LogP contribution in [0.25, 0.3) is 0 Å². The third-order valence-electron chi connectivity index (χ3n) is 3.53. The summed E-state index contributed by atoms with van der Waals surface area (Å²) in [6.07, 6.45) is 4.80. The van der Waals surface area contributed by atoms with Gasteiger partial charge in [-0.1, -0.05) is 0 Å². The van der Waals surface area contributed by atoms with Gasteiger partial charge in [0.15, 0.2) is 0 Å². The molecule has 0 radical (unpaired) electrons. The number of carbonyl (C=O) groups excluding carboxylic acids is 2. The van der Waals surface area contributed by atoms with Gasteiger partial charge < -0.3 is 16.0 Å². The van der Waals surface area contributed by atoms with Crippen molar-refractivity contribution in [3.63, 3.8) is 0 Å². The summed E-state index contributed by atoms with van der Waals surface area (Å²) >= 11 is 0. The molecule has 0 aromatic heterocycles. The Labute approximate surface area is 102 Å². The minimum atomic E-state index is -0.497. The molecule has 1 unspecified atom stereocenters. The lowest BCUT2D eigenvalue weighted by molar-refractivity contribution is -0.133. The number of primary amides is 1. The van der Waals surface area contributed by atoms with Crippen LogP contribution in [0.5, 0.6) is 0 Å². The van der Waals surface area contributed by atoms with E-state index in [9.17, 15) is 9.59 Å². The van der Waals surface area contributed by atoms with Crippen LogP contribution >= 0.6 is 0 Å². The van der Waals surface area contributed by atoms with Crippen molar-refractivity contribution >= 4 is 11.8 Å². The third-order valence-corrected chi connectivity index (χ3v) is 3.53. The van der Waals surface area contributed by atoms with Crippen molar-refractivity contribution in [2.45, 2.75) is 38.1 Å². The summed E-state index contributed by atoms with van der Waals surface area (Å²) in [5.74, 6) is 0.312. The molecule has 0 aromatic carbocycles. The van der Waals surface area contributed by atoms with E-state index < -0.39 is 11.9 Å². The van der Waals surface area contributed by atoms with Crippen LogP contribution in [0.1, 0.15) is 32.1 Å². The van der Waals surface area contributed by atoms with E-state index in [1.807, 2.05) is 4.90 Å². The summed E-state index contributed by atoms with van der Waals surface area (Å²) in [5.41, 5.74) is 5.32. The van der Waals surface area contributed by atoms with Gasteiger partial charge in [0.25, 0.3) is 0 Å². The second kappa shape index (κ2) is 5.49. The number of rotatable bonds is 6. The molecule has 2 aliphatic rings. The highest BCUT2D eigenvalue weighted by Crippen LogP contribution is 2.27. The molecule has 5 heteroatoms. The largest absolute Gasteiger partial charge is 0.368 e. The molecule has 1 aliphatic carbocycles. The maximum Gasteiger partial charge on any atom is 0.235 e. The summed E-state index contributed by atoms with van der Waals surface area (Å²) in [6, 6.07) is -0.497. The fourth-order valence-electron chi connectivity index (χ4n) is 2.17. The number of nitrogens with one attached hydrogen (secondary N) is 1. The number of carbonyl (C=O) groups is 2. The van der Waals surface area contributed by atoms with E-state index in [2.05, 4.69) is 5.32 Å². The molecule has 0 bridgehead atoms. The fourth-order valence-corrected chi connectivity index (χ4v) is 2.17. The first-order valence-corrected chi connectivity index (χ1v) is 6.47. The van der Waals surface area contributed by atoms with Crippen molar-refractivity contribution in [1.82, 2.24) is 10.2 Å². The van der Waals surface area contributed by atoms with Crippen molar-refractivity contribution < 1.29 is 9.59 Å². The van der Waals surface area contributed by atoms with Crippen LogP contribution in [0.2, 0.25) is 0 Å². The predicted octanol–water partition coefficient (Wildman–Crippen LogP) is -0.148. The van der Waals surface area contributed by atoms with Crippen molar-refractivity contribution in [2.24, 2.45) is 11.7 Å². The number of hydrogen-bond acceptors (Lipinski definition) is 3. The van der Waals surface area contributed by atoms with Gasteiger partial charge in [0.2, 0.25) is 11.8 Å². The van der Waals surface area contributed by atoms with Crippen LogP contribution in [0.3, 0.4) is 0 Å². The first-order chi connectivity index (χ1) is 8.16. The van der Waals surface area contributed by atoms with E-state index in [4.69, 9.17) is 5.73 Å². The highest BCUT2D eigenvalue weighted by molar-refractivity contribution is 5.87. The van der Waals surface area contributed by atoms with Gasteiger partial charge in [-0.3, -0.25) is 9.59 Å². The first-order valence-electron chi connectivity index (χ1n) is 6.47. The van der Waals surface area contributed by atoms with Crippen molar-refractivity contribution in [3.05, 3.63) is 0 Å². The lowest BCUT2D eigenvalue weighted by Gasteiger charge is -2.19. The average molecular weight is 239 g/mol. The van der Waals surface area contributed by atoms with Gasteiger partial charge in [-0.2, -0.15) is 0 Å². The zero-order chi connectivity index (χ0) is 12.3. The number of hydrogen-bond donors (Lipinski definition) is 2. The van der Waals surface area contributed by atoms with Crippen molar-refractivity contribution in [3.8, 4) is 0 Å². The zero-order valence-corrected chi connectivity index (χ0v) is 10.2. The predicted molar refractivity (Wildman–Crippen MR) is 64.1 cm³/mol. The molecule has 2 fully saturated rings. The molecule has 1 saturated carbocycles. The molecule has 5 nitrogen and oxygen atoms in total. The highest BCUT2D eigenvalue weighted by atomic mass is 16.2. The smallest absolute Gasteiger partial charge is 0.235 e. The standard InChI is InChI=1S/C12H21N3O2/c13-12(17)10(14-8-9-3-4-9)7-11(16)15-5-1-2-6-15/h9-10,14H,1-8H2,(H2,13,17). The van der Waals surface area contributed by atoms with Gasteiger partial charge >= 0.3 is 0 Å². The molecular formula is C12H21N3O2. The summed E-state index contributed by atoms with van der Waals surface area (Å²) in [4.78, 5) is 25.0. The van der Waals surface area contributed by atoms with Gasteiger partial charge in [0.1, 0.15) is 0 Å². The van der Waals surface area contributed by atoms with E-state index in [0.29, 0.717) is 5.92 Å². The average Bonchev–Trinajstić information content (AvgIpc) is 2.94. The van der Waals surface area contributed by atoms with Gasteiger partial charge in [0.05, 0.1) is 12.5 Å². The number of likely N-dealkylation sites (tertiary alicyclic amines) is 1. The van der Waals surface area contributed by atoms with E-state index in [-0.39, 0.29) is 12.3 Å². The number of nitrogens with zero attached hydrogens (tertiary/aromatic N) is 1. The van der Waals surface area contributed by atoms with E-state index in [0.717, 1.165) is 32.5 Å². The maximum atomic E-state index is 11.9. The molecule has 0 aromatic rings. The Bertz CT molecular complexity index is 296. The molecule has 1 atom stereocenters. The second-order valence-electron chi connectivity index (χ2n) is 5.10. The summed E-state index contributed by atoms with van der Waals surface area (Å²) in [7, 11) is 0. The van der Waals surface area contributed by atoms with Crippen LogP contribution in [0, 0.1) is 5.92 Å². The Morgan fingerprint density at radius 2 is 1.94 bits per heavy atom. The van der Waals surface area contributed by atoms with Crippen LogP contribution in [-0.4, -0.2) is 42.4 Å². The van der Waals surface area contributed by atoms with Crippen molar-refractivity contribution in [2.75, 3.05) is 19.6 Å². The first kappa shape index (κ1) is 12.4. The van der Waals surface area contributed by atoms with E-state index >= 15 is 0 Å². The highest BCUT2D eigenvalue weighted by Gasteiger charge is 2.27. The second-order valence-corrected chi connectivity index (χ2v) is 5.10. The van der Waals surface area contributed by atoms with Crippen LogP contribution < -0.4 is 11.1 Å². The van der Waals surface area contributed by atoms with Crippen LogP contribution in [0.4, 0.5) is 0 Å². The maximum absolute atomic E-state index is 11.9. The van der Waals surface area contributed by atoms with Crippen molar-refractivity contribution in [1.29, 1.82) is 0 Å². The molecular weight excluding hydrogens is 218 g/mol. The Morgan fingerprint density at radius 1 is 1.29 bits per heavy atom. The van der Waals surface area contributed by atoms with Crippen LogP contribution in [0.15, 0.2) is 0 Å². The molecule has 3 N–H and O–H groups in total. The monoisotopic (exact) mass is 239 g/mol. The molecule has 2 rings (SSSR count). The minimum Gasteiger partial charge on any atom is -0.368 e. The molecule has 1 saturated heterocycles. The quantitative estimate of drug-likeness (QED) is 0.677. The summed E-state index contributed by atoms with van der Waals surface area (Å²) in [6.45, 7) is 2.46.